The van der Waals surface area contributed by atoms with E-state index in [-0.39, 0.29) is 6.04 Å². The van der Waals surface area contributed by atoms with Crippen molar-refractivity contribution < 1.29 is 0 Å². The van der Waals surface area contributed by atoms with Crippen molar-refractivity contribution in [1.82, 2.24) is 9.78 Å². The molecule has 1 atom stereocenters. The summed E-state index contributed by atoms with van der Waals surface area (Å²) in [6.07, 6.45) is 1.78. The third kappa shape index (κ3) is 2.89. The molecule has 0 aliphatic carbocycles. The summed E-state index contributed by atoms with van der Waals surface area (Å²) in [5, 5.41) is 5.42. The molecular formula is C16H22ClN3. The Morgan fingerprint density at radius 2 is 2.05 bits per heavy atom. The molecule has 0 fully saturated rings. The number of hydrogen-bond acceptors (Lipinski definition) is 2. The quantitative estimate of drug-likeness (QED) is 0.935. The summed E-state index contributed by atoms with van der Waals surface area (Å²) in [4.78, 5) is 0. The number of nitrogens with zero attached hydrogens (tertiary/aromatic N) is 2. The van der Waals surface area contributed by atoms with Gasteiger partial charge in [-0.3, -0.25) is 0 Å². The Kier molecular flexibility index (Phi) is 4.51. The third-order valence-corrected chi connectivity index (χ3v) is 3.84. The van der Waals surface area contributed by atoms with Crippen molar-refractivity contribution in [3.63, 3.8) is 0 Å². The number of benzene rings is 1. The highest BCUT2D eigenvalue weighted by atomic mass is 35.5. The van der Waals surface area contributed by atoms with Crippen LogP contribution in [-0.2, 0) is 12.8 Å². The van der Waals surface area contributed by atoms with Crippen LogP contribution in [0.1, 0.15) is 36.4 Å². The van der Waals surface area contributed by atoms with Gasteiger partial charge in [0.2, 0.25) is 0 Å². The van der Waals surface area contributed by atoms with Crippen LogP contribution < -0.4 is 5.73 Å². The van der Waals surface area contributed by atoms with Crippen LogP contribution in [0.5, 0.6) is 0 Å². The molecule has 2 rings (SSSR count). The van der Waals surface area contributed by atoms with E-state index < -0.39 is 0 Å². The summed E-state index contributed by atoms with van der Waals surface area (Å²) < 4.78 is 2.02. The van der Waals surface area contributed by atoms with Gasteiger partial charge < -0.3 is 5.73 Å². The first-order valence-corrected chi connectivity index (χ1v) is 7.41. The molecule has 0 saturated carbocycles. The lowest BCUT2D eigenvalue weighted by Crippen LogP contribution is -2.19. The van der Waals surface area contributed by atoms with Gasteiger partial charge in [0.1, 0.15) is 0 Å². The lowest BCUT2D eigenvalue weighted by atomic mass is 10.1. The summed E-state index contributed by atoms with van der Waals surface area (Å²) in [6, 6.07) is 6.01. The molecule has 2 aromatic rings. The van der Waals surface area contributed by atoms with Gasteiger partial charge in [-0.05, 0) is 62.9 Å². The zero-order valence-electron chi connectivity index (χ0n) is 12.6. The van der Waals surface area contributed by atoms with E-state index in [1.54, 1.807) is 0 Å². The molecule has 1 unspecified atom stereocenters. The highest BCUT2D eigenvalue weighted by molar-refractivity contribution is 6.30. The van der Waals surface area contributed by atoms with Crippen molar-refractivity contribution in [3.05, 3.63) is 45.7 Å². The van der Waals surface area contributed by atoms with E-state index in [2.05, 4.69) is 25.9 Å². The van der Waals surface area contributed by atoms with Crippen molar-refractivity contribution in [1.29, 1.82) is 0 Å². The highest BCUT2D eigenvalue weighted by Crippen LogP contribution is 2.24. The Balaban J connectivity index is 2.57. The predicted molar refractivity (Wildman–Crippen MR) is 84.8 cm³/mol. The summed E-state index contributed by atoms with van der Waals surface area (Å²) in [7, 11) is 0. The van der Waals surface area contributed by atoms with E-state index in [0.717, 1.165) is 34.8 Å². The average molecular weight is 292 g/mol. The average Bonchev–Trinajstić information content (AvgIpc) is 2.64. The number of rotatable bonds is 4. The Bertz CT molecular complexity index is 614. The van der Waals surface area contributed by atoms with E-state index in [0.29, 0.717) is 0 Å². The number of halogens is 1. The molecule has 108 valence electrons. The first-order chi connectivity index (χ1) is 9.43. The zero-order valence-corrected chi connectivity index (χ0v) is 13.3. The van der Waals surface area contributed by atoms with Crippen molar-refractivity contribution >= 4 is 11.6 Å². The molecule has 4 heteroatoms. The SMILES string of the molecule is CCc1c(C)nn(-c2ccc(Cl)cc2CC(C)N)c1C. The van der Waals surface area contributed by atoms with E-state index in [4.69, 9.17) is 17.3 Å². The molecule has 0 bridgehead atoms. The molecule has 0 aliphatic heterocycles. The van der Waals surface area contributed by atoms with Crippen LogP contribution in [0.15, 0.2) is 18.2 Å². The van der Waals surface area contributed by atoms with Gasteiger partial charge in [-0.2, -0.15) is 5.10 Å². The molecule has 1 aromatic carbocycles. The van der Waals surface area contributed by atoms with E-state index in [1.807, 2.05) is 29.8 Å². The van der Waals surface area contributed by atoms with Crippen LogP contribution in [0.3, 0.4) is 0 Å². The smallest absolute Gasteiger partial charge is 0.0682 e. The third-order valence-electron chi connectivity index (χ3n) is 3.61. The van der Waals surface area contributed by atoms with Gasteiger partial charge >= 0.3 is 0 Å². The first-order valence-electron chi connectivity index (χ1n) is 7.03. The van der Waals surface area contributed by atoms with Crippen LogP contribution in [0.4, 0.5) is 0 Å². The maximum absolute atomic E-state index is 6.12. The Morgan fingerprint density at radius 1 is 1.35 bits per heavy atom. The minimum atomic E-state index is 0.0924. The summed E-state index contributed by atoms with van der Waals surface area (Å²) in [5.74, 6) is 0. The van der Waals surface area contributed by atoms with E-state index >= 15 is 0 Å². The standard InChI is InChI=1S/C16H22ClN3/c1-5-15-11(3)19-20(12(15)4)16-7-6-14(17)9-13(16)8-10(2)18/h6-7,9-10H,5,8,18H2,1-4H3. The second kappa shape index (κ2) is 5.98. The molecule has 0 amide bonds. The molecule has 1 aromatic heterocycles. The van der Waals surface area contributed by atoms with Gasteiger partial charge in [-0.1, -0.05) is 18.5 Å². The van der Waals surface area contributed by atoms with E-state index in [1.165, 1.54) is 11.3 Å². The van der Waals surface area contributed by atoms with Crippen molar-refractivity contribution in [2.45, 2.75) is 46.6 Å². The maximum atomic E-state index is 6.12. The fourth-order valence-corrected chi connectivity index (χ4v) is 2.89. The van der Waals surface area contributed by atoms with Gasteiger partial charge in [0.15, 0.2) is 0 Å². The minimum absolute atomic E-state index is 0.0924. The molecule has 0 spiro atoms. The Morgan fingerprint density at radius 3 is 2.60 bits per heavy atom. The van der Waals surface area contributed by atoms with Crippen LogP contribution in [-0.4, -0.2) is 15.8 Å². The summed E-state index contributed by atoms with van der Waals surface area (Å²) >= 11 is 6.12. The second-order valence-corrected chi connectivity index (χ2v) is 5.81. The van der Waals surface area contributed by atoms with Gasteiger partial charge in [0, 0.05) is 16.8 Å². The largest absolute Gasteiger partial charge is 0.328 e. The number of nitrogens with two attached hydrogens (primary N) is 1. The predicted octanol–water partition coefficient (Wildman–Crippen LogP) is 3.59. The molecule has 0 aliphatic rings. The monoisotopic (exact) mass is 291 g/mol. The minimum Gasteiger partial charge on any atom is -0.328 e. The molecule has 20 heavy (non-hydrogen) atoms. The fourth-order valence-electron chi connectivity index (χ4n) is 2.69. The van der Waals surface area contributed by atoms with Crippen LogP contribution in [0.2, 0.25) is 5.02 Å². The number of aromatic nitrogens is 2. The van der Waals surface area contributed by atoms with E-state index in [9.17, 15) is 0 Å². The second-order valence-electron chi connectivity index (χ2n) is 5.37. The Hall–Kier alpha value is -1.32. The normalized spacial score (nSPS) is 12.7. The van der Waals surface area contributed by atoms with Gasteiger partial charge in [-0.15, -0.1) is 0 Å². The fraction of sp³-hybridized carbons (Fsp3) is 0.438. The molecular weight excluding hydrogens is 270 g/mol. The van der Waals surface area contributed by atoms with Crippen molar-refractivity contribution in [2.75, 3.05) is 0 Å². The van der Waals surface area contributed by atoms with Gasteiger partial charge in [-0.25, -0.2) is 4.68 Å². The lowest BCUT2D eigenvalue weighted by Gasteiger charge is -2.14. The van der Waals surface area contributed by atoms with Crippen LogP contribution >= 0.6 is 11.6 Å². The topological polar surface area (TPSA) is 43.8 Å². The van der Waals surface area contributed by atoms with Crippen molar-refractivity contribution in [2.24, 2.45) is 5.73 Å². The number of hydrogen-bond donors (Lipinski definition) is 1. The highest BCUT2D eigenvalue weighted by Gasteiger charge is 2.14. The maximum Gasteiger partial charge on any atom is 0.0682 e. The van der Waals surface area contributed by atoms with Gasteiger partial charge in [0.25, 0.3) is 0 Å². The summed E-state index contributed by atoms with van der Waals surface area (Å²) in [6.45, 7) is 8.34. The van der Waals surface area contributed by atoms with Crippen LogP contribution in [0.25, 0.3) is 5.69 Å². The molecule has 0 radical (unpaired) electrons. The Labute approximate surface area is 125 Å². The zero-order chi connectivity index (χ0) is 14.9. The molecule has 3 nitrogen and oxygen atoms in total. The molecule has 0 saturated heterocycles. The van der Waals surface area contributed by atoms with Crippen molar-refractivity contribution in [3.8, 4) is 5.69 Å². The summed E-state index contributed by atoms with van der Waals surface area (Å²) in [5.41, 5.74) is 11.8. The number of aryl methyl sites for hydroxylation is 1. The van der Waals surface area contributed by atoms with Crippen LogP contribution in [0, 0.1) is 13.8 Å². The lowest BCUT2D eigenvalue weighted by molar-refractivity contribution is 0.724. The van der Waals surface area contributed by atoms with Gasteiger partial charge in [0.05, 0.1) is 11.4 Å². The molecule has 1 heterocycles. The molecule has 2 N–H and O–H groups in total. The first kappa shape index (κ1) is 15.1.